The maximum absolute atomic E-state index is 13.2. The number of halogens is 1. The van der Waals surface area contributed by atoms with E-state index in [-0.39, 0.29) is 11.6 Å². The first kappa shape index (κ1) is 21.8. The number of guanidine groups is 1. The lowest BCUT2D eigenvalue weighted by Crippen LogP contribution is -2.37. The Labute approximate surface area is 181 Å². The Balaban J connectivity index is 1.62. The molecule has 1 heterocycles. The van der Waals surface area contributed by atoms with Crippen molar-refractivity contribution in [2.45, 2.75) is 19.4 Å². The summed E-state index contributed by atoms with van der Waals surface area (Å²) in [5.41, 5.74) is 8.85. The van der Waals surface area contributed by atoms with Crippen molar-refractivity contribution in [3.63, 3.8) is 0 Å². The van der Waals surface area contributed by atoms with E-state index in [1.165, 1.54) is 16.8 Å². The van der Waals surface area contributed by atoms with Crippen LogP contribution in [0.3, 0.4) is 0 Å². The number of nitrogens with two attached hydrogens (primary N) is 1. The zero-order chi connectivity index (χ0) is 22.2. The zero-order valence-electron chi connectivity index (χ0n) is 17.7. The lowest BCUT2D eigenvalue weighted by atomic mass is 10.1. The number of aryl methyl sites for hydroxylation is 1. The molecule has 0 fully saturated rings. The molecular formula is C23H26FN7. The number of nitrogen functional groups attached to an aromatic ring is 1. The van der Waals surface area contributed by atoms with Gasteiger partial charge in [-0.1, -0.05) is 30.3 Å². The minimum Gasteiger partial charge on any atom is -0.382 e. The van der Waals surface area contributed by atoms with Crippen molar-refractivity contribution in [1.29, 1.82) is 5.26 Å². The van der Waals surface area contributed by atoms with Gasteiger partial charge in [0, 0.05) is 20.6 Å². The number of rotatable bonds is 7. The first-order valence-electron chi connectivity index (χ1n) is 10.0. The van der Waals surface area contributed by atoms with Gasteiger partial charge >= 0.3 is 0 Å². The molecule has 2 aromatic carbocycles. The van der Waals surface area contributed by atoms with Gasteiger partial charge in [-0.05, 0) is 42.7 Å². The summed E-state index contributed by atoms with van der Waals surface area (Å²) in [5, 5.41) is 17.3. The second kappa shape index (κ2) is 10.3. The minimum absolute atomic E-state index is 0.260. The number of nitrogens with one attached hydrogen (secondary N) is 1. The van der Waals surface area contributed by atoms with Gasteiger partial charge in [-0.15, -0.1) is 0 Å². The fraction of sp³-hybridized carbons (Fsp3) is 0.261. The Morgan fingerprint density at radius 2 is 1.90 bits per heavy atom. The van der Waals surface area contributed by atoms with Crippen LogP contribution in [0.2, 0.25) is 0 Å². The van der Waals surface area contributed by atoms with Gasteiger partial charge in [-0.3, -0.25) is 0 Å². The fourth-order valence-corrected chi connectivity index (χ4v) is 3.12. The fourth-order valence-electron chi connectivity index (χ4n) is 3.12. The van der Waals surface area contributed by atoms with Crippen LogP contribution < -0.4 is 11.1 Å². The number of hydrogen-bond donors (Lipinski definition) is 2. The van der Waals surface area contributed by atoms with Crippen LogP contribution >= 0.6 is 0 Å². The normalized spacial score (nSPS) is 11.2. The lowest BCUT2D eigenvalue weighted by Gasteiger charge is -2.17. The van der Waals surface area contributed by atoms with Gasteiger partial charge in [0.2, 0.25) is 0 Å². The number of anilines is 1. The highest BCUT2D eigenvalue weighted by Crippen LogP contribution is 2.21. The van der Waals surface area contributed by atoms with Crippen molar-refractivity contribution < 1.29 is 4.39 Å². The molecule has 3 N–H and O–H groups in total. The SMILES string of the molecule is CN(C)C(=NCc1ccccc1)NCCCc1nn(-c2ccc(F)cc2)c(N)c1C#N. The molecule has 7 nitrogen and oxygen atoms in total. The standard InChI is InChI=1S/C23H26FN7/c1-30(2)23(28-16-17-7-4-3-5-8-17)27-14-6-9-21-20(15-25)22(26)31(29-21)19-12-10-18(24)11-13-19/h3-5,7-8,10-13H,6,9,14,16,26H2,1-2H3,(H,27,28). The van der Waals surface area contributed by atoms with E-state index in [1.807, 2.05) is 49.3 Å². The number of aliphatic imine (C=N–C) groups is 1. The zero-order valence-corrected chi connectivity index (χ0v) is 17.7. The molecule has 0 amide bonds. The van der Waals surface area contributed by atoms with Crippen LogP contribution in [0.4, 0.5) is 10.2 Å². The van der Waals surface area contributed by atoms with Crippen molar-refractivity contribution in [3.8, 4) is 11.8 Å². The molecule has 0 aliphatic heterocycles. The van der Waals surface area contributed by atoms with Crippen molar-refractivity contribution in [2.75, 3.05) is 26.4 Å². The Hall–Kier alpha value is -3.86. The van der Waals surface area contributed by atoms with E-state index in [1.54, 1.807) is 12.1 Å². The van der Waals surface area contributed by atoms with Gasteiger partial charge in [0.05, 0.1) is 17.9 Å². The van der Waals surface area contributed by atoms with E-state index in [0.717, 1.165) is 17.9 Å². The van der Waals surface area contributed by atoms with Crippen LogP contribution in [0.1, 0.15) is 23.2 Å². The van der Waals surface area contributed by atoms with Crippen LogP contribution in [0, 0.1) is 17.1 Å². The summed E-state index contributed by atoms with van der Waals surface area (Å²) in [6.45, 7) is 1.26. The second-order valence-corrected chi connectivity index (χ2v) is 7.26. The molecule has 0 aliphatic carbocycles. The molecule has 0 bridgehead atoms. The summed E-state index contributed by atoms with van der Waals surface area (Å²) < 4.78 is 14.7. The maximum Gasteiger partial charge on any atom is 0.193 e. The molecule has 3 rings (SSSR count). The van der Waals surface area contributed by atoms with Crippen LogP contribution in [-0.4, -0.2) is 41.3 Å². The van der Waals surface area contributed by atoms with E-state index in [4.69, 9.17) is 5.73 Å². The quantitative estimate of drug-likeness (QED) is 0.349. The molecular weight excluding hydrogens is 393 g/mol. The number of aromatic nitrogens is 2. The van der Waals surface area contributed by atoms with Crippen LogP contribution in [-0.2, 0) is 13.0 Å². The molecule has 0 spiro atoms. The van der Waals surface area contributed by atoms with Gasteiger partial charge in [0.25, 0.3) is 0 Å². The van der Waals surface area contributed by atoms with Gasteiger partial charge in [0.15, 0.2) is 5.96 Å². The molecule has 0 unspecified atom stereocenters. The average Bonchev–Trinajstić information content (AvgIpc) is 3.09. The van der Waals surface area contributed by atoms with E-state index in [9.17, 15) is 9.65 Å². The third kappa shape index (κ3) is 5.60. The Morgan fingerprint density at radius 1 is 1.19 bits per heavy atom. The van der Waals surface area contributed by atoms with E-state index >= 15 is 0 Å². The minimum atomic E-state index is -0.341. The molecule has 160 valence electrons. The summed E-state index contributed by atoms with van der Waals surface area (Å²) in [6, 6.07) is 18.0. The molecule has 0 atom stereocenters. The Kier molecular flexibility index (Phi) is 7.22. The Bertz CT molecular complexity index is 1060. The average molecular weight is 420 g/mol. The molecule has 0 aliphatic rings. The maximum atomic E-state index is 13.2. The molecule has 0 radical (unpaired) electrons. The molecule has 31 heavy (non-hydrogen) atoms. The van der Waals surface area contributed by atoms with Gasteiger partial charge in [0.1, 0.15) is 23.3 Å². The third-order valence-electron chi connectivity index (χ3n) is 4.73. The Morgan fingerprint density at radius 3 is 2.55 bits per heavy atom. The summed E-state index contributed by atoms with van der Waals surface area (Å²) in [6.07, 6.45) is 1.32. The van der Waals surface area contributed by atoms with Crippen molar-refractivity contribution in [1.82, 2.24) is 20.0 Å². The second-order valence-electron chi connectivity index (χ2n) is 7.26. The number of nitriles is 1. The summed E-state index contributed by atoms with van der Waals surface area (Å²) >= 11 is 0. The summed E-state index contributed by atoms with van der Waals surface area (Å²) in [4.78, 5) is 6.58. The van der Waals surface area contributed by atoms with Crippen molar-refractivity contribution in [3.05, 3.63) is 77.2 Å². The molecule has 8 heteroatoms. The molecule has 3 aromatic rings. The third-order valence-corrected chi connectivity index (χ3v) is 4.73. The predicted octanol–water partition coefficient (Wildman–Crippen LogP) is 3.11. The van der Waals surface area contributed by atoms with Gasteiger partial charge in [-0.25, -0.2) is 14.1 Å². The smallest absolute Gasteiger partial charge is 0.193 e. The van der Waals surface area contributed by atoms with E-state index < -0.39 is 0 Å². The topological polar surface area (TPSA) is 95.3 Å². The molecule has 0 saturated carbocycles. The lowest BCUT2D eigenvalue weighted by molar-refractivity contribution is 0.573. The highest BCUT2D eigenvalue weighted by molar-refractivity contribution is 5.79. The highest BCUT2D eigenvalue weighted by Gasteiger charge is 2.16. The summed E-state index contributed by atoms with van der Waals surface area (Å²) in [5.74, 6) is 0.711. The number of benzene rings is 2. The molecule has 1 aromatic heterocycles. The molecule has 0 saturated heterocycles. The van der Waals surface area contributed by atoms with Crippen molar-refractivity contribution in [2.24, 2.45) is 4.99 Å². The van der Waals surface area contributed by atoms with Crippen LogP contribution in [0.5, 0.6) is 0 Å². The summed E-state index contributed by atoms with van der Waals surface area (Å²) in [7, 11) is 3.88. The van der Waals surface area contributed by atoms with Gasteiger partial charge in [-0.2, -0.15) is 10.4 Å². The first-order chi connectivity index (χ1) is 15.0. The first-order valence-corrected chi connectivity index (χ1v) is 10.0. The predicted molar refractivity (Wildman–Crippen MR) is 120 cm³/mol. The van der Waals surface area contributed by atoms with Crippen LogP contribution in [0.15, 0.2) is 59.6 Å². The highest BCUT2D eigenvalue weighted by atomic mass is 19.1. The van der Waals surface area contributed by atoms with Crippen LogP contribution in [0.25, 0.3) is 5.69 Å². The van der Waals surface area contributed by atoms with E-state index in [2.05, 4.69) is 21.5 Å². The monoisotopic (exact) mass is 419 g/mol. The van der Waals surface area contributed by atoms with Crippen molar-refractivity contribution >= 4 is 11.8 Å². The van der Waals surface area contributed by atoms with E-state index in [0.29, 0.717) is 36.5 Å². The largest absolute Gasteiger partial charge is 0.382 e. The van der Waals surface area contributed by atoms with Gasteiger partial charge < -0.3 is 16.0 Å². The number of nitrogens with zero attached hydrogens (tertiary/aromatic N) is 5. The number of hydrogen-bond acceptors (Lipinski definition) is 4.